The van der Waals surface area contributed by atoms with Gasteiger partial charge in [-0.3, -0.25) is 0 Å². The molecule has 4 heteroatoms. The van der Waals surface area contributed by atoms with E-state index in [0.29, 0.717) is 0 Å². The van der Waals surface area contributed by atoms with Crippen molar-refractivity contribution < 1.29 is 9.90 Å². The Labute approximate surface area is 123 Å². The minimum Gasteiger partial charge on any atom is -0.394 e. The third kappa shape index (κ3) is 2.76. The van der Waals surface area contributed by atoms with Crippen LogP contribution in [0.2, 0.25) is 0 Å². The first-order chi connectivity index (χ1) is 10.2. The zero-order valence-corrected chi connectivity index (χ0v) is 11.9. The van der Waals surface area contributed by atoms with Crippen LogP contribution in [0, 0.1) is 0 Å². The summed E-state index contributed by atoms with van der Waals surface area (Å²) in [7, 11) is 0. The lowest BCUT2D eigenvalue weighted by molar-refractivity contribution is 0.229. The van der Waals surface area contributed by atoms with Gasteiger partial charge in [0.05, 0.1) is 12.6 Å². The molecule has 0 aliphatic heterocycles. The van der Waals surface area contributed by atoms with Gasteiger partial charge in [0.1, 0.15) is 0 Å². The summed E-state index contributed by atoms with van der Waals surface area (Å²) in [5.74, 6) is 0. The lowest BCUT2D eigenvalue weighted by atomic mass is 10.1. The Bertz CT molecular complexity index is 682. The smallest absolute Gasteiger partial charge is 0.319 e. The summed E-state index contributed by atoms with van der Waals surface area (Å²) in [6, 6.07) is 13.7. The lowest BCUT2D eigenvalue weighted by Crippen LogP contribution is -2.38. The second-order valence-corrected chi connectivity index (χ2v) is 5.39. The molecule has 4 nitrogen and oxygen atoms in total. The Morgan fingerprint density at radius 3 is 2.76 bits per heavy atom. The molecule has 0 spiro atoms. The van der Waals surface area contributed by atoms with Gasteiger partial charge in [0.15, 0.2) is 0 Å². The number of hydrogen-bond acceptors (Lipinski definition) is 2. The fourth-order valence-electron chi connectivity index (χ4n) is 2.64. The number of hydrogen-bond donors (Lipinski definition) is 3. The van der Waals surface area contributed by atoms with Gasteiger partial charge >= 0.3 is 6.03 Å². The van der Waals surface area contributed by atoms with Crippen molar-refractivity contribution in [3.8, 4) is 11.1 Å². The zero-order chi connectivity index (χ0) is 14.8. The summed E-state index contributed by atoms with van der Waals surface area (Å²) in [5.41, 5.74) is 5.78. The van der Waals surface area contributed by atoms with E-state index in [2.05, 4.69) is 28.8 Å². The van der Waals surface area contributed by atoms with Crippen LogP contribution in [-0.4, -0.2) is 23.8 Å². The zero-order valence-electron chi connectivity index (χ0n) is 11.9. The summed E-state index contributed by atoms with van der Waals surface area (Å²) >= 11 is 0. The molecule has 0 saturated heterocycles. The van der Waals surface area contributed by atoms with Crippen LogP contribution in [0.1, 0.15) is 18.1 Å². The third-order valence-electron chi connectivity index (χ3n) is 3.71. The number of carbonyl (C=O) groups is 1. The molecule has 0 radical (unpaired) electrons. The molecule has 2 aromatic rings. The average Bonchev–Trinajstić information content (AvgIpc) is 2.85. The lowest BCUT2D eigenvalue weighted by Gasteiger charge is -2.12. The van der Waals surface area contributed by atoms with Gasteiger partial charge in [-0.15, -0.1) is 0 Å². The predicted molar refractivity (Wildman–Crippen MR) is 83.4 cm³/mol. The Balaban J connectivity index is 1.80. The van der Waals surface area contributed by atoms with Crippen molar-refractivity contribution >= 4 is 11.7 Å². The molecule has 0 fully saturated rings. The highest BCUT2D eigenvalue weighted by Crippen LogP contribution is 2.37. The van der Waals surface area contributed by atoms with Crippen molar-refractivity contribution in [1.82, 2.24) is 5.32 Å². The van der Waals surface area contributed by atoms with E-state index in [1.807, 2.05) is 24.3 Å². The Kier molecular flexibility index (Phi) is 3.62. The third-order valence-corrected chi connectivity index (χ3v) is 3.71. The fraction of sp³-hybridized carbons (Fsp3) is 0.235. The van der Waals surface area contributed by atoms with E-state index >= 15 is 0 Å². The van der Waals surface area contributed by atoms with Crippen molar-refractivity contribution in [3.63, 3.8) is 0 Å². The minimum atomic E-state index is -0.303. The van der Waals surface area contributed by atoms with Crippen LogP contribution in [0.5, 0.6) is 0 Å². The molecule has 2 aromatic carbocycles. The number of anilines is 1. The fourth-order valence-corrected chi connectivity index (χ4v) is 2.64. The molecule has 21 heavy (non-hydrogen) atoms. The number of rotatable bonds is 3. The number of fused-ring (bicyclic) bond motifs is 3. The van der Waals surface area contributed by atoms with Gasteiger partial charge in [-0.2, -0.15) is 0 Å². The number of nitrogens with one attached hydrogen (secondary N) is 2. The molecule has 3 rings (SSSR count). The highest BCUT2D eigenvalue weighted by atomic mass is 16.3. The summed E-state index contributed by atoms with van der Waals surface area (Å²) < 4.78 is 0. The molecular formula is C17H18N2O2. The molecule has 0 bridgehead atoms. The molecule has 1 aliphatic carbocycles. The highest BCUT2D eigenvalue weighted by Gasteiger charge is 2.18. The van der Waals surface area contributed by atoms with Crippen LogP contribution in [0.3, 0.4) is 0 Å². The van der Waals surface area contributed by atoms with E-state index in [9.17, 15) is 4.79 Å². The SMILES string of the molecule is C[C@H](CO)NC(=O)Nc1ccc2c(c1)-c1ccccc1C2. The van der Waals surface area contributed by atoms with Crippen molar-refractivity contribution in [3.05, 3.63) is 53.6 Å². The second-order valence-electron chi connectivity index (χ2n) is 5.39. The first-order valence-electron chi connectivity index (χ1n) is 7.07. The number of aliphatic hydroxyl groups is 1. The summed E-state index contributed by atoms with van der Waals surface area (Å²) in [6.07, 6.45) is 0.944. The maximum absolute atomic E-state index is 11.8. The molecule has 108 valence electrons. The van der Waals surface area contributed by atoms with Crippen LogP contribution in [0.25, 0.3) is 11.1 Å². The molecule has 0 heterocycles. The van der Waals surface area contributed by atoms with Gasteiger partial charge in [-0.25, -0.2) is 4.79 Å². The number of urea groups is 1. The Hall–Kier alpha value is -2.33. The first kappa shape index (κ1) is 13.6. The van der Waals surface area contributed by atoms with Crippen LogP contribution < -0.4 is 10.6 Å². The molecule has 1 aliphatic rings. The topological polar surface area (TPSA) is 61.4 Å². The normalized spacial score (nSPS) is 13.2. The van der Waals surface area contributed by atoms with Crippen molar-refractivity contribution in [2.24, 2.45) is 0 Å². The molecule has 3 N–H and O–H groups in total. The molecule has 0 aromatic heterocycles. The number of aliphatic hydroxyl groups excluding tert-OH is 1. The quantitative estimate of drug-likeness (QED) is 0.691. The van der Waals surface area contributed by atoms with E-state index in [1.165, 1.54) is 22.3 Å². The summed E-state index contributed by atoms with van der Waals surface area (Å²) in [6.45, 7) is 1.67. The number of amides is 2. The van der Waals surface area contributed by atoms with Crippen LogP contribution >= 0.6 is 0 Å². The maximum Gasteiger partial charge on any atom is 0.319 e. The van der Waals surface area contributed by atoms with Gasteiger partial charge in [0, 0.05) is 5.69 Å². The van der Waals surface area contributed by atoms with E-state index in [-0.39, 0.29) is 18.7 Å². The van der Waals surface area contributed by atoms with Crippen molar-refractivity contribution in [1.29, 1.82) is 0 Å². The minimum absolute atomic E-state index is 0.0784. The van der Waals surface area contributed by atoms with E-state index in [1.54, 1.807) is 6.92 Å². The Morgan fingerprint density at radius 2 is 1.95 bits per heavy atom. The highest BCUT2D eigenvalue weighted by molar-refractivity contribution is 5.91. The predicted octanol–water partition coefficient (Wildman–Crippen LogP) is 2.76. The monoisotopic (exact) mass is 282 g/mol. The molecular weight excluding hydrogens is 264 g/mol. The van der Waals surface area contributed by atoms with Crippen LogP contribution in [-0.2, 0) is 6.42 Å². The van der Waals surface area contributed by atoms with Gasteiger partial charge in [0.25, 0.3) is 0 Å². The van der Waals surface area contributed by atoms with Gasteiger partial charge in [0.2, 0.25) is 0 Å². The van der Waals surface area contributed by atoms with Gasteiger partial charge in [-0.05, 0) is 47.7 Å². The first-order valence-corrected chi connectivity index (χ1v) is 7.07. The van der Waals surface area contributed by atoms with Crippen molar-refractivity contribution in [2.75, 3.05) is 11.9 Å². The summed E-state index contributed by atoms with van der Waals surface area (Å²) in [4.78, 5) is 11.8. The largest absolute Gasteiger partial charge is 0.394 e. The summed E-state index contributed by atoms with van der Waals surface area (Å²) in [5, 5.41) is 14.4. The standard InChI is InChI=1S/C17H18N2O2/c1-11(10-20)18-17(21)19-14-7-6-13-8-12-4-2-3-5-15(12)16(13)9-14/h2-7,9,11,20H,8,10H2,1H3,(H2,18,19,21)/t11-/m1/s1. The van der Waals surface area contributed by atoms with Gasteiger partial charge < -0.3 is 15.7 Å². The average molecular weight is 282 g/mol. The number of benzene rings is 2. The van der Waals surface area contributed by atoms with E-state index < -0.39 is 0 Å². The molecule has 0 saturated carbocycles. The van der Waals surface area contributed by atoms with Gasteiger partial charge in [-0.1, -0.05) is 30.3 Å². The Morgan fingerprint density at radius 1 is 1.19 bits per heavy atom. The maximum atomic E-state index is 11.8. The van der Waals surface area contributed by atoms with Crippen LogP contribution in [0.4, 0.5) is 10.5 Å². The molecule has 0 unspecified atom stereocenters. The van der Waals surface area contributed by atoms with Crippen molar-refractivity contribution in [2.45, 2.75) is 19.4 Å². The van der Waals surface area contributed by atoms with E-state index in [4.69, 9.17) is 5.11 Å². The van der Waals surface area contributed by atoms with E-state index in [0.717, 1.165) is 12.1 Å². The number of carbonyl (C=O) groups excluding carboxylic acids is 1. The molecule has 2 amide bonds. The second kappa shape index (κ2) is 5.58. The molecule has 1 atom stereocenters. The van der Waals surface area contributed by atoms with Crippen LogP contribution in [0.15, 0.2) is 42.5 Å².